The van der Waals surface area contributed by atoms with E-state index in [9.17, 15) is 10.2 Å². The van der Waals surface area contributed by atoms with Crippen LogP contribution in [0.3, 0.4) is 0 Å². The van der Waals surface area contributed by atoms with Crippen LogP contribution >= 0.6 is 0 Å². The largest absolute Gasteiger partial charge is 0.393 e. The van der Waals surface area contributed by atoms with Crippen molar-refractivity contribution in [3.05, 3.63) is 35.5 Å². The minimum atomic E-state index is -0.595. The van der Waals surface area contributed by atoms with E-state index in [0.717, 1.165) is 28.9 Å². The second-order valence-electron chi connectivity index (χ2n) is 11.0. The second-order valence-corrected chi connectivity index (χ2v) is 11.0. The first-order chi connectivity index (χ1) is 13.7. The van der Waals surface area contributed by atoms with Gasteiger partial charge in [-0.3, -0.25) is 0 Å². The lowest BCUT2D eigenvalue weighted by atomic mass is 9.60. The summed E-state index contributed by atoms with van der Waals surface area (Å²) in [6.07, 6.45) is 15.2. The van der Waals surface area contributed by atoms with Crippen LogP contribution in [0.2, 0.25) is 0 Å². The average molecular weight is 401 g/mol. The van der Waals surface area contributed by atoms with E-state index in [2.05, 4.69) is 46.4 Å². The Bertz CT molecular complexity index is 643. The molecule has 0 saturated heterocycles. The zero-order valence-corrected chi connectivity index (χ0v) is 19.3. The smallest absolute Gasteiger partial charge is 0.0811 e. The van der Waals surface area contributed by atoms with Crippen LogP contribution in [0.25, 0.3) is 0 Å². The molecule has 0 aromatic carbocycles. The van der Waals surface area contributed by atoms with E-state index >= 15 is 0 Å². The maximum absolute atomic E-state index is 10.1. The minimum absolute atomic E-state index is 0.420. The third-order valence-corrected chi connectivity index (χ3v) is 8.43. The summed E-state index contributed by atoms with van der Waals surface area (Å²) in [4.78, 5) is 0. The molecule has 164 valence electrons. The van der Waals surface area contributed by atoms with Gasteiger partial charge in [0.05, 0.1) is 12.2 Å². The van der Waals surface area contributed by atoms with Crippen molar-refractivity contribution >= 4 is 0 Å². The Kier molecular flexibility index (Phi) is 7.49. The molecule has 2 nitrogen and oxygen atoms in total. The zero-order chi connectivity index (χ0) is 21.2. The Labute approximate surface area is 179 Å². The van der Waals surface area contributed by atoms with Gasteiger partial charge in [-0.15, -0.1) is 0 Å². The Hall–Kier alpha value is -0.860. The lowest BCUT2D eigenvalue weighted by Crippen LogP contribution is -2.36. The van der Waals surface area contributed by atoms with Gasteiger partial charge in [-0.2, -0.15) is 0 Å². The van der Waals surface area contributed by atoms with Gasteiger partial charge in [-0.25, -0.2) is 0 Å². The second kappa shape index (κ2) is 9.52. The normalized spacial score (nSPS) is 39.3. The lowest BCUT2D eigenvalue weighted by molar-refractivity contribution is 0.0861. The molecule has 2 N–H and O–H groups in total. The summed E-state index contributed by atoms with van der Waals surface area (Å²) >= 11 is 0. The highest BCUT2D eigenvalue weighted by atomic mass is 16.3. The summed E-state index contributed by atoms with van der Waals surface area (Å²) in [5, 5.41) is 20.2. The van der Waals surface area contributed by atoms with Gasteiger partial charge in [0, 0.05) is 6.42 Å². The molecule has 0 heterocycles. The van der Waals surface area contributed by atoms with Crippen molar-refractivity contribution in [2.75, 3.05) is 0 Å². The zero-order valence-electron chi connectivity index (χ0n) is 19.3. The summed E-state index contributed by atoms with van der Waals surface area (Å²) in [6.45, 7) is 13.8. The van der Waals surface area contributed by atoms with E-state index in [0.29, 0.717) is 24.2 Å². The van der Waals surface area contributed by atoms with Gasteiger partial charge in [-0.1, -0.05) is 71.3 Å². The van der Waals surface area contributed by atoms with Crippen LogP contribution < -0.4 is 0 Å². The molecule has 0 aromatic rings. The van der Waals surface area contributed by atoms with Crippen molar-refractivity contribution in [3.63, 3.8) is 0 Å². The fourth-order valence-electron chi connectivity index (χ4n) is 6.73. The summed E-state index contributed by atoms with van der Waals surface area (Å²) < 4.78 is 0. The van der Waals surface area contributed by atoms with Gasteiger partial charge in [-0.05, 0) is 78.8 Å². The molecular formula is C27H44O2. The van der Waals surface area contributed by atoms with E-state index in [1.807, 2.05) is 0 Å². The van der Waals surface area contributed by atoms with Crippen LogP contribution in [0.5, 0.6) is 0 Å². The molecular weight excluding hydrogens is 356 g/mol. The molecule has 29 heavy (non-hydrogen) atoms. The number of rotatable bonds is 6. The van der Waals surface area contributed by atoms with E-state index in [1.165, 1.54) is 51.4 Å². The van der Waals surface area contributed by atoms with Crippen LogP contribution in [0.15, 0.2) is 35.5 Å². The molecule has 0 bridgehead atoms. The molecule has 3 aliphatic rings. The van der Waals surface area contributed by atoms with E-state index in [-0.39, 0.29) is 0 Å². The third kappa shape index (κ3) is 5.07. The van der Waals surface area contributed by atoms with E-state index in [4.69, 9.17) is 0 Å². The first-order valence-corrected chi connectivity index (χ1v) is 12.2. The minimum Gasteiger partial charge on any atom is -0.393 e. The first-order valence-electron chi connectivity index (χ1n) is 12.2. The highest BCUT2D eigenvalue weighted by molar-refractivity contribution is 5.38. The maximum Gasteiger partial charge on any atom is 0.0811 e. The van der Waals surface area contributed by atoms with Gasteiger partial charge in [0.2, 0.25) is 0 Å². The Morgan fingerprint density at radius 2 is 1.90 bits per heavy atom. The van der Waals surface area contributed by atoms with Crippen LogP contribution in [-0.2, 0) is 0 Å². The van der Waals surface area contributed by atoms with Gasteiger partial charge in [0.1, 0.15) is 0 Å². The van der Waals surface area contributed by atoms with Crippen molar-refractivity contribution < 1.29 is 10.2 Å². The predicted octanol–water partition coefficient (Wildman–Crippen LogP) is 6.59. The van der Waals surface area contributed by atoms with Crippen molar-refractivity contribution in [1.82, 2.24) is 0 Å². The molecule has 0 amide bonds. The molecule has 6 atom stereocenters. The van der Waals surface area contributed by atoms with Gasteiger partial charge >= 0.3 is 0 Å². The van der Waals surface area contributed by atoms with Crippen molar-refractivity contribution in [3.8, 4) is 0 Å². The quantitative estimate of drug-likeness (QED) is 0.528. The van der Waals surface area contributed by atoms with Crippen LogP contribution in [0.1, 0.15) is 91.9 Å². The molecule has 0 aromatic heterocycles. The SMILES string of the molecule is C=C1/C(=C\C=C2CCC[C@]3(C)[C@@H]([C@H](C)CCCC(C)C)CC[C@@H]23)C[C@@H](O)C[C@@H]1O. The topological polar surface area (TPSA) is 40.5 Å². The van der Waals surface area contributed by atoms with E-state index < -0.39 is 12.2 Å². The molecule has 3 saturated carbocycles. The number of aliphatic hydroxyl groups excluding tert-OH is 2. The fraction of sp³-hybridized carbons (Fsp3) is 0.778. The number of allylic oxidation sites excluding steroid dienone is 3. The Morgan fingerprint density at radius 1 is 1.14 bits per heavy atom. The number of fused-ring (bicyclic) bond motifs is 1. The molecule has 2 heteroatoms. The molecule has 0 spiro atoms. The van der Waals surface area contributed by atoms with Gasteiger partial charge in [0.25, 0.3) is 0 Å². The number of hydrogen-bond acceptors (Lipinski definition) is 2. The summed E-state index contributed by atoms with van der Waals surface area (Å²) in [5.41, 5.74) is 3.88. The highest BCUT2D eigenvalue weighted by Crippen LogP contribution is 2.59. The monoisotopic (exact) mass is 400 g/mol. The number of aliphatic hydroxyl groups is 2. The van der Waals surface area contributed by atoms with Gasteiger partial charge in [0.15, 0.2) is 0 Å². The maximum atomic E-state index is 10.1. The average Bonchev–Trinajstić information content (AvgIpc) is 3.00. The third-order valence-electron chi connectivity index (χ3n) is 8.43. The van der Waals surface area contributed by atoms with Gasteiger partial charge < -0.3 is 10.2 Å². The summed E-state index contributed by atoms with van der Waals surface area (Å²) in [6, 6.07) is 0. The molecule has 0 aliphatic heterocycles. The molecule has 0 radical (unpaired) electrons. The fourth-order valence-corrected chi connectivity index (χ4v) is 6.73. The summed E-state index contributed by atoms with van der Waals surface area (Å²) in [7, 11) is 0. The van der Waals surface area contributed by atoms with Crippen molar-refractivity contribution in [2.24, 2.45) is 29.1 Å². The van der Waals surface area contributed by atoms with Crippen molar-refractivity contribution in [2.45, 2.75) is 104 Å². The molecule has 3 rings (SSSR count). The molecule has 0 unspecified atom stereocenters. The first kappa shape index (κ1) is 22.8. The predicted molar refractivity (Wildman–Crippen MR) is 123 cm³/mol. The van der Waals surface area contributed by atoms with E-state index in [1.54, 1.807) is 5.57 Å². The Morgan fingerprint density at radius 3 is 2.62 bits per heavy atom. The van der Waals surface area contributed by atoms with Crippen LogP contribution in [0.4, 0.5) is 0 Å². The summed E-state index contributed by atoms with van der Waals surface area (Å²) in [5.74, 6) is 3.20. The Balaban J connectivity index is 1.71. The lowest BCUT2D eigenvalue weighted by Gasteiger charge is -2.44. The molecule has 3 aliphatic carbocycles. The number of hydrogen-bond donors (Lipinski definition) is 2. The van der Waals surface area contributed by atoms with Crippen LogP contribution in [-0.4, -0.2) is 22.4 Å². The van der Waals surface area contributed by atoms with Crippen LogP contribution in [0, 0.1) is 29.1 Å². The van der Waals surface area contributed by atoms with Crippen molar-refractivity contribution in [1.29, 1.82) is 0 Å². The highest BCUT2D eigenvalue weighted by Gasteiger charge is 2.50. The standard InChI is InChI=1S/C27H44O2/c1-18(2)8-6-9-19(3)24-13-14-25-21(10-7-15-27(24,25)5)11-12-22-16-23(28)17-26(29)20(22)4/h11-12,18-19,23-26,28-29H,4,6-10,13-17H2,1-3,5H3/b21-11?,22-12-/t19-,23-,24-,25+,26+,27-/m1/s1. The molecule has 3 fully saturated rings.